The minimum atomic E-state index is 0.0700. The van der Waals surface area contributed by atoms with Crippen LogP contribution in [-0.2, 0) is 6.54 Å². The molecule has 2 aromatic carbocycles. The van der Waals surface area contributed by atoms with Crippen molar-refractivity contribution in [3.8, 4) is 17.2 Å². The molecule has 2 aromatic rings. The van der Waals surface area contributed by atoms with E-state index in [-0.39, 0.29) is 5.78 Å². The summed E-state index contributed by atoms with van der Waals surface area (Å²) in [6.07, 6.45) is 0. The molecule has 0 heterocycles. The van der Waals surface area contributed by atoms with E-state index in [0.29, 0.717) is 30.2 Å². The molecule has 134 valence electrons. The van der Waals surface area contributed by atoms with Gasteiger partial charge >= 0.3 is 0 Å². The summed E-state index contributed by atoms with van der Waals surface area (Å²) in [5.41, 5.74) is 1.76. The molecule has 0 spiro atoms. The number of hydrogen-bond donors (Lipinski definition) is 0. The highest BCUT2D eigenvalue weighted by Gasteiger charge is 2.14. The van der Waals surface area contributed by atoms with Crippen molar-refractivity contribution in [1.29, 1.82) is 0 Å². The third kappa shape index (κ3) is 5.09. The van der Waals surface area contributed by atoms with Gasteiger partial charge in [0.15, 0.2) is 17.3 Å². The van der Waals surface area contributed by atoms with E-state index in [9.17, 15) is 4.79 Å². The van der Waals surface area contributed by atoms with Crippen LogP contribution in [0.2, 0.25) is 0 Å². The average Bonchev–Trinajstić information content (AvgIpc) is 2.62. The van der Waals surface area contributed by atoms with Crippen LogP contribution in [0, 0.1) is 3.57 Å². The highest BCUT2D eigenvalue weighted by Crippen LogP contribution is 2.31. The Labute approximate surface area is 162 Å². The SMILES string of the molecule is COc1ccc(C(=O)CN(C)Cc2cc(OC)c(OC)cc2I)cc1. The number of hydrogen-bond acceptors (Lipinski definition) is 5. The Morgan fingerprint density at radius 3 is 2.16 bits per heavy atom. The molecule has 25 heavy (non-hydrogen) atoms. The first-order valence-corrected chi connectivity index (χ1v) is 8.82. The van der Waals surface area contributed by atoms with Crippen molar-refractivity contribution >= 4 is 28.4 Å². The van der Waals surface area contributed by atoms with E-state index in [2.05, 4.69) is 22.6 Å². The van der Waals surface area contributed by atoms with E-state index >= 15 is 0 Å². The molecule has 0 bridgehead atoms. The van der Waals surface area contributed by atoms with Crippen LogP contribution in [0.25, 0.3) is 0 Å². The van der Waals surface area contributed by atoms with Gasteiger partial charge in [-0.25, -0.2) is 0 Å². The summed E-state index contributed by atoms with van der Waals surface area (Å²) in [7, 11) is 6.77. The fourth-order valence-corrected chi connectivity index (χ4v) is 3.09. The smallest absolute Gasteiger partial charge is 0.176 e. The molecule has 0 amide bonds. The summed E-state index contributed by atoms with van der Waals surface area (Å²) in [6.45, 7) is 0.970. The number of benzene rings is 2. The Hall–Kier alpha value is -1.80. The Kier molecular flexibility index (Phi) is 7.07. The van der Waals surface area contributed by atoms with Crippen LogP contribution in [-0.4, -0.2) is 45.6 Å². The predicted molar refractivity (Wildman–Crippen MR) is 106 cm³/mol. The van der Waals surface area contributed by atoms with Crippen LogP contribution in [0.15, 0.2) is 36.4 Å². The van der Waals surface area contributed by atoms with Gasteiger partial charge in [-0.15, -0.1) is 0 Å². The molecule has 0 unspecified atom stereocenters. The second-order valence-corrected chi connectivity index (χ2v) is 6.78. The first kappa shape index (κ1) is 19.5. The molecule has 0 atom stereocenters. The molecule has 5 nitrogen and oxygen atoms in total. The lowest BCUT2D eigenvalue weighted by Gasteiger charge is -2.18. The van der Waals surface area contributed by atoms with Gasteiger partial charge < -0.3 is 14.2 Å². The van der Waals surface area contributed by atoms with Crippen LogP contribution in [0.4, 0.5) is 0 Å². The molecule has 0 saturated carbocycles. The Morgan fingerprint density at radius 2 is 1.60 bits per heavy atom. The van der Waals surface area contributed by atoms with E-state index < -0.39 is 0 Å². The summed E-state index contributed by atoms with van der Waals surface area (Å²) >= 11 is 2.27. The van der Waals surface area contributed by atoms with Crippen LogP contribution < -0.4 is 14.2 Å². The monoisotopic (exact) mass is 455 g/mol. The number of rotatable bonds is 8. The summed E-state index contributed by atoms with van der Waals surface area (Å²) in [5.74, 6) is 2.20. The second kappa shape index (κ2) is 9.05. The van der Waals surface area contributed by atoms with Crippen molar-refractivity contribution in [2.24, 2.45) is 0 Å². The molecular weight excluding hydrogens is 433 g/mol. The summed E-state index contributed by atoms with van der Waals surface area (Å²) in [6, 6.07) is 11.1. The molecular formula is C19H22INO4. The number of ether oxygens (including phenoxy) is 3. The van der Waals surface area contributed by atoms with Crippen molar-refractivity contribution in [3.63, 3.8) is 0 Å². The normalized spacial score (nSPS) is 10.6. The number of nitrogens with zero attached hydrogens (tertiary/aromatic N) is 1. The average molecular weight is 455 g/mol. The summed E-state index contributed by atoms with van der Waals surface area (Å²) < 4.78 is 16.9. The third-order valence-electron chi connectivity index (χ3n) is 3.82. The maximum absolute atomic E-state index is 12.4. The summed E-state index contributed by atoms with van der Waals surface area (Å²) in [5, 5.41) is 0. The number of halogens is 1. The number of methoxy groups -OCH3 is 3. The van der Waals surface area contributed by atoms with Crippen molar-refractivity contribution < 1.29 is 19.0 Å². The van der Waals surface area contributed by atoms with E-state index in [1.54, 1.807) is 45.6 Å². The molecule has 0 fully saturated rings. The zero-order chi connectivity index (χ0) is 18.4. The van der Waals surface area contributed by atoms with Gasteiger partial charge in [-0.3, -0.25) is 9.69 Å². The Balaban J connectivity index is 2.06. The Bertz CT molecular complexity index is 731. The fraction of sp³-hybridized carbons (Fsp3) is 0.316. The van der Waals surface area contributed by atoms with Gasteiger partial charge in [0.25, 0.3) is 0 Å². The Morgan fingerprint density at radius 1 is 1.00 bits per heavy atom. The lowest BCUT2D eigenvalue weighted by atomic mass is 10.1. The maximum Gasteiger partial charge on any atom is 0.176 e. The molecule has 0 aliphatic heterocycles. The molecule has 0 aromatic heterocycles. The van der Waals surface area contributed by atoms with Gasteiger partial charge in [-0.1, -0.05) is 0 Å². The molecule has 0 saturated heterocycles. The third-order valence-corrected chi connectivity index (χ3v) is 4.82. The quantitative estimate of drug-likeness (QED) is 0.450. The lowest BCUT2D eigenvalue weighted by Crippen LogP contribution is -2.26. The molecule has 0 radical (unpaired) electrons. The molecule has 0 aliphatic rings. The van der Waals surface area contributed by atoms with Crippen LogP contribution in [0.3, 0.4) is 0 Å². The van der Waals surface area contributed by atoms with E-state index in [1.165, 1.54) is 0 Å². The zero-order valence-electron chi connectivity index (χ0n) is 14.8. The fourth-order valence-electron chi connectivity index (χ4n) is 2.48. The van der Waals surface area contributed by atoms with E-state index in [0.717, 1.165) is 14.9 Å². The molecule has 2 rings (SSSR count). The van der Waals surface area contributed by atoms with Crippen molar-refractivity contribution in [3.05, 3.63) is 51.1 Å². The van der Waals surface area contributed by atoms with Gasteiger partial charge in [0.1, 0.15) is 5.75 Å². The zero-order valence-corrected chi connectivity index (χ0v) is 17.0. The highest BCUT2D eigenvalue weighted by atomic mass is 127. The minimum Gasteiger partial charge on any atom is -0.497 e. The number of ketones is 1. The number of carbonyl (C=O) groups is 1. The van der Waals surface area contributed by atoms with Gasteiger partial charge in [0.05, 0.1) is 27.9 Å². The van der Waals surface area contributed by atoms with Crippen LogP contribution in [0.1, 0.15) is 15.9 Å². The van der Waals surface area contributed by atoms with Crippen LogP contribution in [0.5, 0.6) is 17.2 Å². The number of carbonyl (C=O) groups excluding carboxylic acids is 1. The van der Waals surface area contributed by atoms with Crippen LogP contribution >= 0.6 is 22.6 Å². The first-order chi connectivity index (χ1) is 12.0. The topological polar surface area (TPSA) is 48.0 Å². The lowest BCUT2D eigenvalue weighted by molar-refractivity contribution is 0.0943. The van der Waals surface area contributed by atoms with Crippen molar-refractivity contribution in [2.45, 2.75) is 6.54 Å². The van der Waals surface area contributed by atoms with Gasteiger partial charge in [0.2, 0.25) is 0 Å². The minimum absolute atomic E-state index is 0.0700. The van der Waals surface area contributed by atoms with E-state index in [4.69, 9.17) is 14.2 Å². The second-order valence-electron chi connectivity index (χ2n) is 5.62. The number of likely N-dealkylation sites (N-methyl/N-ethyl adjacent to an activating group) is 1. The molecule has 6 heteroatoms. The van der Waals surface area contributed by atoms with Crippen molar-refractivity contribution in [2.75, 3.05) is 34.9 Å². The van der Waals surface area contributed by atoms with Gasteiger partial charge in [0, 0.05) is 15.7 Å². The van der Waals surface area contributed by atoms with Gasteiger partial charge in [-0.05, 0) is 71.6 Å². The van der Waals surface area contributed by atoms with Gasteiger partial charge in [-0.2, -0.15) is 0 Å². The predicted octanol–water partition coefficient (Wildman–Crippen LogP) is 3.63. The standard InChI is InChI=1S/C19H22INO4/c1-21(12-17(22)13-5-7-15(23-2)8-6-13)11-14-9-18(24-3)19(25-4)10-16(14)20/h5-10H,11-12H2,1-4H3. The maximum atomic E-state index is 12.4. The number of Topliss-reactive ketones (excluding diaryl/α,β-unsaturated/α-hetero) is 1. The highest BCUT2D eigenvalue weighted by molar-refractivity contribution is 14.1. The van der Waals surface area contributed by atoms with Crippen molar-refractivity contribution in [1.82, 2.24) is 4.90 Å². The molecule has 0 aliphatic carbocycles. The molecule has 0 N–H and O–H groups in total. The first-order valence-electron chi connectivity index (χ1n) is 7.74. The largest absolute Gasteiger partial charge is 0.497 e. The van der Waals surface area contributed by atoms with E-state index in [1.807, 2.05) is 24.1 Å². The summed E-state index contributed by atoms with van der Waals surface area (Å²) in [4.78, 5) is 14.4.